The summed E-state index contributed by atoms with van der Waals surface area (Å²) in [7, 11) is -3.60. The summed E-state index contributed by atoms with van der Waals surface area (Å²) in [6.45, 7) is 0.00236. The number of fused-ring (bicyclic) bond motifs is 1. The van der Waals surface area contributed by atoms with Gasteiger partial charge in [0, 0.05) is 37.4 Å². The minimum Gasteiger partial charge on any atom is -0.481 e. The quantitative estimate of drug-likeness (QED) is 0.254. The number of nitrogens with one attached hydrogen (secondary N) is 2. The standard InChI is InChI=1S/C30H31Cl2N3O7S2/c1-44(40,41)34-24-8-4-5-9-25(24)35-28(22-13-10-17(31)14-23(22)32)27(20-6-2-3-7-21(20)30(35)39)29(38)33-42-16-19-12-11-18(43-19)15-26(36)37/h2-3,6-7,10-14,24-25,27-28,34H,4-5,8-9,15-16H2,1H3,(H,33,38)(H,36,37)/t24-,25-,27+,28-/m0/s1. The molecule has 2 amide bonds. The van der Waals surface area contributed by atoms with Crippen molar-refractivity contribution in [3.05, 3.63) is 91.1 Å². The van der Waals surface area contributed by atoms with Crippen molar-refractivity contribution in [2.45, 2.75) is 62.8 Å². The fraction of sp³-hybridized carbons (Fsp3) is 0.367. The Hall–Kier alpha value is -3.00. The van der Waals surface area contributed by atoms with E-state index in [1.807, 2.05) is 0 Å². The number of thiophene rings is 1. The zero-order valence-corrected chi connectivity index (χ0v) is 26.8. The van der Waals surface area contributed by atoms with Gasteiger partial charge in [-0.3, -0.25) is 19.2 Å². The van der Waals surface area contributed by atoms with Crippen molar-refractivity contribution >= 4 is 62.3 Å². The minimum atomic E-state index is -3.60. The van der Waals surface area contributed by atoms with Gasteiger partial charge >= 0.3 is 5.97 Å². The van der Waals surface area contributed by atoms with Gasteiger partial charge in [0.05, 0.1) is 24.6 Å². The summed E-state index contributed by atoms with van der Waals surface area (Å²) in [5, 5.41) is 9.68. The van der Waals surface area contributed by atoms with Crippen molar-refractivity contribution in [3.8, 4) is 0 Å². The zero-order chi connectivity index (χ0) is 31.6. The van der Waals surface area contributed by atoms with E-state index in [0.29, 0.717) is 39.4 Å². The first kappa shape index (κ1) is 32.4. The summed E-state index contributed by atoms with van der Waals surface area (Å²) in [5.74, 6) is -2.79. The van der Waals surface area contributed by atoms with Crippen LogP contribution in [0.3, 0.4) is 0 Å². The van der Waals surface area contributed by atoms with E-state index in [1.165, 1.54) is 11.3 Å². The maximum atomic E-state index is 14.3. The molecule has 44 heavy (non-hydrogen) atoms. The summed E-state index contributed by atoms with van der Waals surface area (Å²) in [5.41, 5.74) is 3.84. The number of nitrogens with zero attached hydrogens (tertiary/aromatic N) is 1. The molecule has 2 heterocycles. The second-order valence-electron chi connectivity index (χ2n) is 10.9. The van der Waals surface area contributed by atoms with Crippen LogP contribution in [-0.4, -0.2) is 54.5 Å². The van der Waals surface area contributed by atoms with Gasteiger partial charge in [-0.15, -0.1) is 11.3 Å². The highest BCUT2D eigenvalue weighted by atomic mass is 35.5. The SMILES string of the molecule is CS(=O)(=O)N[C@H]1CCCC[C@@H]1N1C(=O)c2ccccc2[C@@H](C(=O)NOCc2ccc(CC(=O)O)s2)[C@@H]1c1ccc(Cl)cc1Cl. The van der Waals surface area contributed by atoms with E-state index in [0.717, 1.165) is 24.0 Å². The molecule has 0 radical (unpaired) electrons. The molecule has 14 heteroatoms. The molecule has 1 aliphatic carbocycles. The first-order chi connectivity index (χ1) is 20.9. The number of amides is 2. The first-order valence-corrected chi connectivity index (χ1v) is 17.4. The molecule has 2 aromatic carbocycles. The van der Waals surface area contributed by atoms with Gasteiger partial charge in [-0.25, -0.2) is 18.6 Å². The Kier molecular flexibility index (Phi) is 9.98. The number of carbonyl (C=O) groups is 3. The van der Waals surface area contributed by atoms with Crippen molar-refractivity contribution in [3.63, 3.8) is 0 Å². The Morgan fingerprint density at radius 1 is 1.05 bits per heavy atom. The molecule has 10 nitrogen and oxygen atoms in total. The summed E-state index contributed by atoms with van der Waals surface area (Å²) < 4.78 is 27.4. The van der Waals surface area contributed by atoms with Crippen molar-refractivity contribution in [2.75, 3.05) is 6.26 Å². The molecule has 0 bridgehead atoms. The van der Waals surface area contributed by atoms with Gasteiger partial charge in [-0.1, -0.05) is 60.3 Å². The highest BCUT2D eigenvalue weighted by molar-refractivity contribution is 7.88. The van der Waals surface area contributed by atoms with E-state index in [4.69, 9.17) is 33.1 Å². The molecular formula is C30H31Cl2N3O7S2. The lowest BCUT2D eigenvalue weighted by atomic mass is 9.76. The van der Waals surface area contributed by atoms with E-state index in [9.17, 15) is 22.8 Å². The van der Waals surface area contributed by atoms with E-state index in [-0.39, 0.29) is 24.0 Å². The van der Waals surface area contributed by atoms with Crippen LogP contribution in [0, 0.1) is 0 Å². The Bertz CT molecular complexity index is 1680. The number of sulfonamides is 1. The molecule has 3 N–H and O–H groups in total. The number of carboxylic acids is 1. The van der Waals surface area contributed by atoms with Gasteiger partial charge in [0.1, 0.15) is 6.61 Å². The van der Waals surface area contributed by atoms with Gasteiger partial charge in [0.25, 0.3) is 11.8 Å². The van der Waals surface area contributed by atoms with Gasteiger partial charge < -0.3 is 10.0 Å². The lowest BCUT2D eigenvalue weighted by Gasteiger charge is -2.49. The van der Waals surface area contributed by atoms with E-state index in [2.05, 4.69) is 10.2 Å². The Morgan fingerprint density at radius 2 is 1.77 bits per heavy atom. The molecule has 3 aromatic rings. The van der Waals surface area contributed by atoms with Crippen LogP contribution in [0.4, 0.5) is 0 Å². The van der Waals surface area contributed by atoms with Crippen LogP contribution in [-0.2, 0) is 37.5 Å². The molecule has 1 aliphatic heterocycles. The smallest absolute Gasteiger partial charge is 0.308 e. The Morgan fingerprint density at radius 3 is 2.50 bits per heavy atom. The van der Waals surface area contributed by atoms with Crippen LogP contribution in [0.15, 0.2) is 54.6 Å². The molecule has 5 rings (SSSR count). The number of hydrogen-bond donors (Lipinski definition) is 3. The monoisotopic (exact) mass is 679 g/mol. The predicted molar refractivity (Wildman–Crippen MR) is 167 cm³/mol. The number of aliphatic carboxylic acids is 1. The van der Waals surface area contributed by atoms with Crippen molar-refractivity contribution in [1.82, 2.24) is 15.1 Å². The average Bonchev–Trinajstić information content (AvgIpc) is 3.39. The average molecular weight is 681 g/mol. The molecule has 0 saturated heterocycles. The van der Waals surface area contributed by atoms with Gasteiger partial charge in [-0.05, 0) is 54.3 Å². The fourth-order valence-corrected chi connectivity index (χ4v) is 8.38. The molecule has 1 fully saturated rings. The minimum absolute atomic E-state index is 0.00236. The number of halogens is 2. The lowest BCUT2D eigenvalue weighted by molar-refractivity contribution is -0.138. The summed E-state index contributed by atoms with van der Waals surface area (Å²) in [4.78, 5) is 48.0. The number of benzene rings is 2. The summed E-state index contributed by atoms with van der Waals surface area (Å²) in [6.07, 6.45) is 3.57. The molecule has 1 aromatic heterocycles. The predicted octanol–water partition coefficient (Wildman–Crippen LogP) is 5.07. The Labute approximate surface area is 269 Å². The largest absolute Gasteiger partial charge is 0.481 e. The number of rotatable bonds is 10. The van der Waals surface area contributed by atoms with E-state index in [1.54, 1.807) is 59.5 Å². The molecule has 0 spiro atoms. The highest BCUT2D eigenvalue weighted by Gasteiger charge is 2.49. The highest BCUT2D eigenvalue weighted by Crippen LogP contribution is 2.47. The topological polar surface area (TPSA) is 142 Å². The molecule has 2 aliphatic rings. The second kappa shape index (κ2) is 13.6. The van der Waals surface area contributed by atoms with Gasteiger partial charge in [0.2, 0.25) is 10.0 Å². The summed E-state index contributed by atoms with van der Waals surface area (Å²) >= 11 is 14.2. The molecule has 4 atom stereocenters. The van der Waals surface area contributed by atoms with Crippen molar-refractivity contribution in [1.29, 1.82) is 0 Å². The van der Waals surface area contributed by atoms with Crippen LogP contribution >= 0.6 is 34.5 Å². The number of hydrogen-bond acceptors (Lipinski definition) is 7. The van der Waals surface area contributed by atoms with E-state index < -0.39 is 45.9 Å². The van der Waals surface area contributed by atoms with E-state index >= 15 is 0 Å². The van der Waals surface area contributed by atoms with Crippen molar-refractivity contribution < 1.29 is 32.7 Å². The molecule has 0 unspecified atom stereocenters. The second-order valence-corrected chi connectivity index (χ2v) is 14.8. The number of carbonyl (C=O) groups excluding carboxylic acids is 2. The molecule has 234 valence electrons. The number of hydroxylamine groups is 1. The lowest BCUT2D eigenvalue weighted by Crippen LogP contribution is -2.59. The maximum Gasteiger partial charge on any atom is 0.308 e. The van der Waals surface area contributed by atoms with Crippen molar-refractivity contribution in [2.24, 2.45) is 0 Å². The maximum absolute atomic E-state index is 14.3. The first-order valence-electron chi connectivity index (χ1n) is 14.0. The third kappa shape index (κ3) is 7.27. The zero-order valence-electron chi connectivity index (χ0n) is 23.7. The van der Waals surface area contributed by atoms with Crippen LogP contribution in [0.5, 0.6) is 0 Å². The molecule has 1 saturated carbocycles. The molecular weight excluding hydrogens is 649 g/mol. The van der Waals surface area contributed by atoms with Crippen LogP contribution in [0.2, 0.25) is 10.0 Å². The van der Waals surface area contributed by atoms with Crippen LogP contribution < -0.4 is 10.2 Å². The summed E-state index contributed by atoms with van der Waals surface area (Å²) in [6, 6.07) is 13.1. The number of carboxylic acid groups (broad SMARTS) is 1. The third-order valence-electron chi connectivity index (χ3n) is 7.82. The van der Waals surface area contributed by atoms with Gasteiger partial charge in [-0.2, -0.15) is 0 Å². The fourth-order valence-electron chi connectivity index (χ4n) is 6.11. The third-order valence-corrected chi connectivity index (χ3v) is 10.2. The van der Waals surface area contributed by atoms with Crippen LogP contribution in [0.1, 0.15) is 68.9 Å². The van der Waals surface area contributed by atoms with Gasteiger partial charge in [0.15, 0.2) is 0 Å². The Balaban J connectivity index is 1.54. The normalized spacial score (nSPS) is 22.0. The van der Waals surface area contributed by atoms with Crippen LogP contribution in [0.25, 0.3) is 0 Å².